The highest BCUT2D eigenvalue weighted by Gasteiger charge is 2.44. The number of hydrogen-bond acceptors (Lipinski definition) is 6. The lowest BCUT2D eigenvalue weighted by Gasteiger charge is -2.45. The molecule has 1 heterocycles. The number of carbonyl (C=O) groups excluding carboxylic acids is 4. The number of nitrogens with one attached hydrogen (secondary N) is 2. The Balaban J connectivity index is 1.69. The Morgan fingerprint density at radius 1 is 1.05 bits per heavy atom. The van der Waals surface area contributed by atoms with E-state index in [2.05, 4.69) is 24.5 Å². The lowest BCUT2D eigenvalue weighted by Crippen LogP contribution is -2.56. The quantitative estimate of drug-likeness (QED) is 0.427. The first kappa shape index (κ1) is 28.6. The van der Waals surface area contributed by atoms with E-state index in [0.717, 1.165) is 25.7 Å². The molecule has 1 saturated heterocycles. The van der Waals surface area contributed by atoms with Crippen LogP contribution in [0.15, 0.2) is 30.3 Å². The van der Waals surface area contributed by atoms with Gasteiger partial charge in [0.2, 0.25) is 11.8 Å². The summed E-state index contributed by atoms with van der Waals surface area (Å²) < 4.78 is 4.91. The van der Waals surface area contributed by atoms with Crippen molar-refractivity contribution >= 4 is 23.9 Å². The van der Waals surface area contributed by atoms with Crippen molar-refractivity contribution < 1.29 is 23.9 Å². The summed E-state index contributed by atoms with van der Waals surface area (Å²) in [4.78, 5) is 54.7. The Hall–Kier alpha value is -2.94. The summed E-state index contributed by atoms with van der Waals surface area (Å²) >= 11 is 0. The van der Waals surface area contributed by atoms with Crippen molar-refractivity contribution in [1.82, 2.24) is 20.4 Å². The molecule has 0 unspecified atom stereocenters. The Morgan fingerprint density at radius 3 is 2.27 bits per heavy atom. The van der Waals surface area contributed by atoms with E-state index in [0.29, 0.717) is 13.0 Å². The predicted octanol–water partition coefficient (Wildman–Crippen LogP) is 3.20. The van der Waals surface area contributed by atoms with Crippen molar-refractivity contribution in [3.8, 4) is 0 Å². The standard InChI is InChI=1S/C28H42N4O5/c1-27(2)14-12-20(13-15-27)32(21-16-22(29-17-21)23(33)31(5)6)25(35)28(3,4)18-30-26(36)37-24(34)19-10-8-7-9-11-19/h7-11,20-22,29H,12-18H2,1-6H3,(H,30,36)/t21-,22-/m0/s1. The molecule has 204 valence electrons. The van der Waals surface area contributed by atoms with Crippen LogP contribution < -0.4 is 10.6 Å². The largest absolute Gasteiger partial charge is 0.415 e. The van der Waals surface area contributed by atoms with Crippen molar-refractivity contribution in [1.29, 1.82) is 0 Å². The summed E-state index contributed by atoms with van der Waals surface area (Å²) in [5, 5.41) is 5.91. The monoisotopic (exact) mass is 514 g/mol. The van der Waals surface area contributed by atoms with Crippen LogP contribution in [0.3, 0.4) is 0 Å². The van der Waals surface area contributed by atoms with Crippen LogP contribution in [-0.2, 0) is 14.3 Å². The molecule has 1 aliphatic carbocycles. The molecule has 2 N–H and O–H groups in total. The molecule has 0 bridgehead atoms. The topological polar surface area (TPSA) is 108 Å². The summed E-state index contributed by atoms with van der Waals surface area (Å²) in [6, 6.07) is 7.91. The van der Waals surface area contributed by atoms with Gasteiger partial charge in [0.25, 0.3) is 0 Å². The zero-order valence-corrected chi connectivity index (χ0v) is 23.0. The van der Waals surface area contributed by atoms with Crippen molar-refractivity contribution in [2.45, 2.75) is 77.9 Å². The highest BCUT2D eigenvalue weighted by atomic mass is 16.6. The molecule has 2 fully saturated rings. The number of esters is 1. The number of alkyl carbamates (subject to hydrolysis) is 1. The molecule has 1 saturated carbocycles. The van der Waals surface area contributed by atoms with E-state index in [1.807, 2.05) is 4.90 Å². The minimum absolute atomic E-state index is 0.00596. The molecule has 2 atom stereocenters. The van der Waals surface area contributed by atoms with Gasteiger partial charge in [-0.1, -0.05) is 32.0 Å². The van der Waals surface area contributed by atoms with E-state index >= 15 is 0 Å². The van der Waals surface area contributed by atoms with Crippen LogP contribution in [0.2, 0.25) is 0 Å². The first-order valence-electron chi connectivity index (χ1n) is 13.1. The molecule has 2 aliphatic rings. The van der Waals surface area contributed by atoms with E-state index < -0.39 is 17.5 Å². The fraction of sp³-hybridized carbons (Fsp3) is 0.643. The third-order valence-electron chi connectivity index (χ3n) is 7.63. The van der Waals surface area contributed by atoms with Gasteiger partial charge in [0, 0.05) is 39.3 Å². The summed E-state index contributed by atoms with van der Waals surface area (Å²) in [7, 11) is 3.47. The van der Waals surface area contributed by atoms with Gasteiger partial charge in [0.05, 0.1) is 17.0 Å². The number of rotatable bonds is 7. The maximum atomic E-state index is 14.0. The maximum absolute atomic E-state index is 14.0. The average molecular weight is 515 g/mol. The number of carbonyl (C=O) groups is 4. The molecule has 0 aromatic heterocycles. The van der Waals surface area contributed by atoms with Crippen LogP contribution in [0.1, 0.15) is 70.2 Å². The zero-order valence-electron chi connectivity index (χ0n) is 23.0. The van der Waals surface area contributed by atoms with E-state index in [9.17, 15) is 19.2 Å². The molecule has 3 rings (SSSR count). The summed E-state index contributed by atoms with van der Waals surface area (Å²) in [5.41, 5.74) is -0.421. The van der Waals surface area contributed by atoms with Crippen LogP contribution in [-0.4, -0.2) is 79.0 Å². The molecular weight excluding hydrogens is 472 g/mol. The van der Waals surface area contributed by atoms with E-state index in [1.54, 1.807) is 63.2 Å². The zero-order chi connectivity index (χ0) is 27.4. The third-order valence-corrected chi connectivity index (χ3v) is 7.63. The van der Waals surface area contributed by atoms with E-state index in [4.69, 9.17) is 4.74 Å². The van der Waals surface area contributed by atoms with Crippen molar-refractivity contribution in [3.05, 3.63) is 35.9 Å². The van der Waals surface area contributed by atoms with Gasteiger partial charge in [0.1, 0.15) is 0 Å². The van der Waals surface area contributed by atoms with Gasteiger partial charge >= 0.3 is 12.1 Å². The highest BCUT2D eigenvalue weighted by Crippen LogP contribution is 2.39. The number of benzene rings is 1. The van der Waals surface area contributed by atoms with Gasteiger partial charge in [-0.15, -0.1) is 0 Å². The summed E-state index contributed by atoms with van der Waals surface area (Å²) in [5.74, 6) is -0.814. The molecule has 9 heteroatoms. The van der Waals surface area contributed by atoms with Crippen molar-refractivity contribution in [2.24, 2.45) is 10.8 Å². The van der Waals surface area contributed by atoms with E-state index in [-0.39, 0.29) is 47.5 Å². The molecule has 37 heavy (non-hydrogen) atoms. The molecule has 9 nitrogen and oxygen atoms in total. The number of ether oxygens (including phenoxy) is 1. The van der Waals surface area contributed by atoms with Gasteiger partial charge in [-0.25, -0.2) is 9.59 Å². The van der Waals surface area contributed by atoms with Crippen molar-refractivity contribution in [3.63, 3.8) is 0 Å². The van der Waals surface area contributed by atoms with Crippen molar-refractivity contribution in [2.75, 3.05) is 27.2 Å². The molecule has 3 amide bonds. The van der Waals surface area contributed by atoms with Crippen LogP contribution in [0, 0.1) is 10.8 Å². The first-order valence-corrected chi connectivity index (χ1v) is 13.1. The fourth-order valence-electron chi connectivity index (χ4n) is 5.19. The van der Waals surface area contributed by atoms with E-state index in [1.165, 1.54) is 0 Å². The SMILES string of the molecule is CN(C)C(=O)[C@@H]1C[C@H](N(C(=O)C(C)(C)CNC(=O)OC(=O)c2ccccc2)C2CCC(C)(C)CC2)CN1. The molecule has 0 radical (unpaired) electrons. The lowest BCUT2D eigenvalue weighted by atomic mass is 9.74. The number of hydrogen-bond donors (Lipinski definition) is 2. The third kappa shape index (κ3) is 7.31. The number of amides is 3. The minimum Gasteiger partial charge on any atom is -0.373 e. The van der Waals surface area contributed by atoms with Crippen LogP contribution in [0.5, 0.6) is 0 Å². The maximum Gasteiger partial charge on any atom is 0.415 e. The van der Waals surface area contributed by atoms with Gasteiger partial charge < -0.3 is 25.2 Å². The predicted molar refractivity (Wildman–Crippen MR) is 141 cm³/mol. The average Bonchev–Trinajstić information content (AvgIpc) is 3.33. The molecule has 1 aliphatic heterocycles. The minimum atomic E-state index is -0.939. The van der Waals surface area contributed by atoms with Gasteiger partial charge in [-0.05, 0) is 63.5 Å². The Bertz CT molecular complexity index is 982. The Labute approximate surface area is 220 Å². The van der Waals surface area contributed by atoms with Gasteiger partial charge in [0.15, 0.2) is 0 Å². The second-order valence-corrected chi connectivity index (χ2v) is 12.0. The van der Waals surface area contributed by atoms with Crippen LogP contribution in [0.4, 0.5) is 4.79 Å². The Morgan fingerprint density at radius 2 is 1.68 bits per heavy atom. The first-order chi connectivity index (χ1) is 17.3. The summed E-state index contributed by atoms with van der Waals surface area (Å²) in [6.07, 6.45) is 3.51. The number of likely N-dealkylation sites (N-methyl/N-ethyl adjacent to an activating group) is 1. The van der Waals surface area contributed by atoms with Crippen LogP contribution >= 0.6 is 0 Å². The second-order valence-electron chi connectivity index (χ2n) is 12.0. The normalized spacial score (nSPS) is 21.7. The summed E-state index contributed by atoms with van der Waals surface area (Å²) in [6.45, 7) is 8.66. The Kier molecular flexibility index (Phi) is 9.00. The molecular formula is C28H42N4O5. The molecule has 1 aromatic carbocycles. The molecule has 0 spiro atoms. The smallest absolute Gasteiger partial charge is 0.373 e. The van der Waals surface area contributed by atoms with Gasteiger partial charge in [-0.3, -0.25) is 9.59 Å². The highest BCUT2D eigenvalue weighted by molar-refractivity contribution is 5.96. The molecule has 1 aromatic rings. The van der Waals surface area contributed by atoms with Crippen LogP contribution in [0.25, 0.3) is 0 Å². The van der Waals surface area contributed by atoms with Gasteiger partial charge in [-0.2, -0.15) is 0 Å². The fourth-order valence-corrected chi connectivity index (χ4v) is 5.19. The number of nitrogens with zero attached hydrogens (tertiary/aromatic N) is 2. The lowest BCUT2D eigenvalue weighted by molar-refractivity contribution is -0.146. The second kappa shape index (κ2) is 11.6.